The Kier molecular flexibility index (Phi) is 3.66. The molecule has 3 nitrogen and oxygen atoms in total. The summed E-state index contributed by atoms with van der Waals surface area (Å²) in [5.74, 6) is 7.15. The van der Waals surface area contributed by atoms with Crippen LogP contribution in [0, 0.1) is 0 Å². The van der Waals surface area contributed by atoms with E-state index in [9.17, 15) is 0 Å². The van der Waals surface area contributed by atoms with E-state index in [0.717, 1.165) is 5.84 Å². The molecule has 1 aromatic rings. The summed E-state index contributed by atoms with van der Waals surface area (Å²) in [7, 11) is 0. The van der Waals surface area contributed by atoms with Gasteiger partial charge in [-0.3, -0.25) is 4.99 Å². The first-order valence-corrected chi connectivity index (χ1v) is 7.87. The van der Waals surface area contributed by atoms with Crippen molar-refractivity contribution in [3.05, 3.63) is 21.9 Å². The molecule has 98 valence electrons. The Morgan fingerprint density at radius 1 is 1.28 bits per heavy atom. The van der Waals surface area contributed by atoms with Gasteiger partial charge >= 0.3 is 0 Å². The van der Waals surface area contributed by atoms with Crippen molar-refractivity contribution in [3.63, 3.8) is 0 Å². The maximum Gasteiger partial charge on any atom is 0.118 e. The van der Waals surface area contributed by atoms with Gasteiger partial charge in [-0.1, -0.05) is 12.8 Å². The maximum absolute atomic E-state index is 5.73. The monoisotopic (exact) mass is 263 g/mol. The third kappa shape index (κ3) is 2.31. The number of amidine groups is 1. The quantitative estimate of drug-likeness (QED) is 0.373. The summed E-state index contributed by atoms with van der Waals surface area (Å²) in [4.78, 5) is 6.41. The van der Waals surface area contributed by atoms with Crippen molar-refractivity contribution in [3.8, 4) is 0 Å². The van der Waals surface area contributed by atoms with Crippen LogP contribution in [0.15, 0.2) is 16.4 Å². The highest BCUT2D eigenvalue weighted by Crippen LogP contribution is 2.36. The molecule has 0 spiro atoms. The number of hydrogen-bond acceptors (Lipinski definition) is 3. The zero-order valence-corrected chi connectivity index (χ0v) is 11.5. The van der Waals surface area contributed by atoms with Crippen molar-refractivity contribution in [2.45, 2.75) is 56.9 Å². The van der Waals surface area contributed by atoms with Gasteiger partial charge in [-0.2, -0.15) is 0 Å². The number of nitrogens with one attached hydrogen (secondary N) is 1. The highest BCUT2D eigenvalue weighted by molar-refractivity contribution is 7.10. The molecule has 1 fully saturated rings. The highest BCUT2D eigenvalue weighted by atomic mass is 32.1. The van der Waals surface area contributed by atoms with Crippen LogP contribution in [0.2, 0.25) is 0 Å². The molecule has 1 atom stereocenters. The third-order valence-electron chi connectivity index (χ3n) is 4.18. The Labute approximate surface area is 112 Å². The molecule has 3 N–H and O–H groups in total. The molecule has 0 bridgehead atoms. The van der Waals surface area contributed by atoms with Crippen LogP contribution in [0.1, 0.15) is 54.9 Å². The van der Waals surface area contributed by atoms with Gasteiger partial charge in [-0.25, -0.2) is 5.84 Å². The van der Waals surface area contributed by atoms with Crippen molar-refractivity contribution in [1.82, 2.24) is 5.43 Å². The van der Waals surface area contributed by atoms with E-state index in [2.05, 4.69) is 16.9 Å². The van der Waals surface area contributed by atoms with Crippen molar-refractivity contribution in [2.75, 3.05) is 0 Å². The smallest absolute Gasteiger partial charge is 0.118 e. The number of aryl methyl sites for hydroxylation is 1. The molecule has 0 radical (unpaired) electrons. The van der Waals surface area contributed by atoms with E-state index in [1.807, 2.05) is 11.3 Å². The Balaban J connectivity index is 1.84. The second kappa shape index (κ2) is 5.41. The first-order chi connectivity index (χ1) is 8.88. The van der Waals surface area contributed by atoms with E-state index in [0.29, 0.717) is 12.0 Å². The average Bonchev–Trinajstić information content (AvgIpc) is 3.06. The number of rotatable bonds is 2. The van der Waals surface area contributed by atoms with Crippen LogP contribution in [0.5, 0.6) is 0 Å². The second-order valence-electron chi connectivity index (χ2n) is 5.34. The minimum absolute atomic E-state index is 0.408. The van der Waals surface area contributed by atoms with Gasteiger partial charge in [0.1, 0.15) is 5.84 Å². The molecule has 3 rings (SSSR count). The molecule has 1 heterocycles. The minimum Gasteiger partial charge on any atom is -0.312 e. The number of hydrazine groups is 1. The molecule has 2 aliphatic rings. The zero-order valence-electron chi connectivity index (χ0n) is 10.7. The Bertz CT molecular complexity index is 432. The SMILES string of the molecule is NNC(=NC1CCCC1)C1CCCc2sccc21. The topological polar surface area (TPSA) is 50.4 Å². The van der Waals surface area contributed by atoms with Crippen LogP contribution < -0.4 is 11.3 Å². The molecule has 4 heteroatoms. The molecule has 2 aliphatic carbocycles. The van der Waals surface area contributed by atoms with Gasteiger partial charge in [0.2, 0.25) is 0 Å². The van der Waals surface area contributed by atoms with Gasteiger partial charge < -0.3 is 5.43 Å². The predicted molar refractivity (Wildman–Crippen MR) is 77.0 cm³/mol. The standard InChI is InChI=1S/C14H21N3S/c15-17-14(16-10-4-1-2-5-10)12-6-3-7-13-11(12)8-9-18-13/h8-10,12H,1-7,15H2,(H,16,17). The maximum atomic E-state index is 5.73. The van der Waals surface area contributed by atoms with Crippen molar-refractivity contribution < 1.29 is 0 Å². The van der Waals surface area contributed by atoms with E-state index in [-0.39, 0.29) is 0 Å². The molecule has 1 unspecified atom stereocenters. The lowest BCUT2D eigenvalue weighted by atomic mass is 9.87. The van der Waals surface area contributed by atoms with Gasteiger partial charge in [-0.15, -0.1) is 11.3 Å². The van der Waals surface area contributed by atoms with Gasteiger partial charge in [0.05, 0.1) is 6.04 Å². The largest absolute Gasteiger partial charge is 0.312 e. The Hall–Kier alpha value is -0.870. The second-order valence-corrected chi connectivity index (χ2v) is 6.34. The van der Waals surface area contributed by atoms with Crippen LogP contribution in [-0.2, 0) is 6.42 Å². The predicted octanol–water partition coefficient (Wildman–Crippen LogP) is 2.97. The fourth-order valence-electron chi connectivity index (χ4n) is 3.23. The fraction of sp³-hybridized carbons (Fsp3) is 0.643. The number of nitrogens with zero attached hydrogens (tertiary/aromatic N) is 1. The summed E-state index contributed by atoms with van der Waals surface area (Å²) >= 11 is 1.88. The first-order valence-electron chi connectivity index (χ1n) is 6.99. The van der Waals surface area contributed by atoms with E-state index < -0.39 is 0 Å². The normalized spacial score (nSPS) is 25.2. The molecular weight excluding hydrogens is 242 g/mol. The van der Waals surface area contributed by atoms with E-state index in [4.69, 9.17) is 10.8 Å². The first kappa shape index (κ1) is 12.2. The zero-order chi connectivity index (χ0) is 12.4. The summed E-state index contributed by atoms with van der Waals surface area (Å²) in [6, 6.07) is 2.76. The molecular formula is C14H21N3S. The number of nitrogens with two attached hydrogens (primary N) is 1. The molecule has 18 heavy (non-hydrogen) atoms. The van der Waals surface area contributed by atoms with Gasteiger partial charge in [0.15, 0.2) is 0 Å². The van der Waals surface area contributed by atoms with Crippen molar-refractivity contribution in [1.29, 1.82) is 0 Å². The lowest BCUT2D eigenvalue weighted by Crippen LogP contribution is -2.37. The summed E-state index contributed by atoms with van der Waals surface area (Å²) < 4.78 is 0. The van der Waals surface area contributed by atoms with Gasteiger partial charge in [0, 0.05) is 10.8 Å². The van der Waals surface area contributed by atoms with E-state index in [1.54, 1.807) is 0 Å². The third-order valence-corrected chi connectivity index (χ3v) is 5.17. The van der Waals surface area contributed by atoms with Gasteiger partial charge in [0.25, 0.3) is 0 Å². The molecule has 0 aromatic carbocycles. The lowest BCUT2D eigenvalue weighted by Gasteiger charge is -2.24. The van der Waals surface area contributed by atoms with Crippen LogP contribution in [0.3, 0.4) is 0 Å². The number of hydrogen-bond donors (Lipinski definition) is 2. The minimum atomic E-state index is 0.408. The lowest BCUT2D eigenvalue weighted by molar-refractivity contribution is 0.627. The molecule has 1 saturated carbocycles. The van der Waals surface area contributed by atoms with E-state index in [1.165, 1.54) is 55.4 Å². The number of aliphatic imine (C=N–C) groups is 1. The number of fused-ring (bicyclic) bond motifs is 1. The Morgan fingerprint density at radius 3 is 2.89 bits per heavy atom. The van der Waals surface area contributed by atoms with E-state index >= 15 is 0 Å². The van der Waals surface area contributed by atoms with Crippen LogP contribution >= 0.6 is 11.3 Å². The summed E-state index contributed by atoms with van der Waals surface area (Å²) in [6.07, 6.45) is 8.76. The Morgan fingerprint density at radius 2 is 2.11 bits per heavy atom. The summed E-state index contributed by atoms with van der Waals surface area (Å²) in [6.45, 7) is 0. The fourth-order valence-corrected chi connectivity index (χ4v) is 4.22. The van der Waals surface area contributed by atoms with Gasteiger partial charge in [-0.05, 0) is 49.1 Å². The van der Waals surface area contributed by atoms with Crippen LogP contribution in [0.4, 0.5) is 0 Å². The summed E-state index contributed by atoms with van der Waals surface area (Å²) in [5, 5.41) is 2.20. The van der Waals surface area contributed by atoms with Crippen LogP contribution in [-0.4, -0.2) is 11.9 Å². The molecule has 0 amide bonds. The van der Waals surface area contributed by atoms with Crippen molar-refractivity contribution >= 4 is 17.2 Å². The van der Waals surface area contributed by atoms with Crippen LogP contribution in [0.25, 0.3) is 0 Å². The molecule has 0 aliphatic heterocycles. The summed E-state index contributed by atoms with van der Waals surface area (Å²) in [5.41, 5.74) is 4.34. The van der Waals surface area contributed by atoms with Crippen molar-refractivity contribution in [2.24, 2.45) is 10.8 Å². The molecule has 1 aromatic heterocycles. The molecule has 0 saturated heterocycles. The highest BCUT2D eigenvalue weighted by Gasteiger charge is 2.26. The number of thiophene rings is 1. The average molecular weight is 263 g/mol.